The maximum atomic E-state index is 12.3. The highest BCUT2D eigenvalue weighted by atomic mass is 32.2. The fourth-order valence-electron chi connectivity index (χ4n) is 2.40. The third-order valence-electron chi connectivity index (χ3n) is 3.84. The van der Waals surface area contributed by atoms with Crippen molar-refractivity contribution in [2.75, 3.05) is 26.7 Å². The molecule has 0 saturated carbocycles. The van der Waals surface area contributed by atoms with Gasteiger partial charge in [0.1, 0.15) is 0 Å². The molecule has 7 heteroatoms. The molecule has 1 aliphatic rings. The maximum absolute atomic E-state index is 12.3. The van der Waals surface area contributed by atoms with Gasteiger partial charge in [-0.2, -0.15) is 4.31 Å². The molecule has 1 amide bonds. The Morgan fingerprint density at radius 1 is 1.27 bits per heavy atom. The lowest BCUT2D eigenvalue weighted by molar-refractivity contribution is -0.133. The van der Waals surface area contributed by atoms with Gasteiger partial charge in [-0.15, -0.1) is 0 Å². The molecule has 0 radical (unpaired) electrons. The Labute approximate surface area is 131 Å². The first-order chi connectivity index (χ1) is 10.4. The van der Waals surface area contributed by atoms with Crippen LogP contribution in [0.1, 0.15) is 18.4 Å². The van der Waals surface area contributed by atoms with E-state index in [0.717, 1.165) is 4.31 Å². The minimum Gasteiger partial charge on any atom is -0.393 e. The third-order valence-corrected chi connectivity index (χ3v) is 5.62. The number of aliphatic hydroxyl groups is 1. The molecule has 0 bridgehead atoms. The Morgan fingerprint density at radius 3 is 2.45 bits per heavy atom. The van der Waals surface area contributed by atoms with Gasteiger partial charge in [-0.05, 0) is 18.4 Å². The standard InChI is InChI=1S/C15H22N2O4S/c1-16(11-15(19)17-9-7-14(18)8-10-17)22(20,21)12-13-5-3-2-4-6-13/h2-6,14,18H,7-12H2,1H3. The normalized spacial score (nSPS) is 17.0. The average molecular weight is 326 g/mol. The van der Waals surface area contributed by atoms with Gasteiger partial charge < -0.3 is 10.0 Å². The van der Waals surface area contributed by atoms with Crippen molar-refractivity contribution < 1.29 is 18.3 Å². The largest absolute Gasteiger partial charge is 0.393 e. The second-order valence-corrected chi connectivity index (χ2v) is 7.69. The van der Waals surface area contributed by atoms with Crippen LogP contribution in [0.15, 0.2) is 30.3 Å². The molecule has 0 atom stereocenters. The minimum absolute atomic E-state index is 0.115. The Hall–Kier alpha value is -1.44. The van der Waals surface area contributed by atoms with Gasteiger partial charge in [-0.3, -0.25) is 4.79 Å². The molecule has 1 saturated heterocycles. The number of aliphatic hydroxyl groups excluding tert-OH is 1. The quantitative estimate of drug-likeness (QED) is 0.851. The first-order valence-corrected chi connectivity index (χ1v) is 8.93. The maximum Gasteiger partial charge on any atom is 0.237 e. The number of carbonyl (C=O) groups is 1. The molecule has 122 valence electrons. The fourth-order valence-corrected chi connectivity index (χ4v) is 3.54. The predicted octanol–water partition coefficient (Wildman–Crippen LogP) is 0.432. The summed E-state index contributed by atoms with van der Waals surface area (Å²) in [5, 5.41) is 9.44. The zero-order valence-electron chi connectivity index (χ0n) is 12.7. The van der Waals surface area contributed by atoms with Crippen molar-refractivity contribution in [3.05, 3.63) is 35.9 Å². The summed E-state index contributed by atoms with van der Waals surface area (Å²) in [4.78, 5) is 13.8. The van der Waals surface area contributed by atoms with E-state index in [2.05, 4.69) is 0 Å². The van der Waals surface area contributed by atoms with Crippen LogP contribution in [-0.2, 0) is 20.6 Å². The van der Waals surface area contributed by atoms with Crippen LogP contribution in [-0.4, -0.2) is 61.4 Å². The Balaban J connectivity index is 1.93. The van der Waals surface area contributed by atoms with E-state index in [1.807, 2.05) is 6.07 Å². The molecule has 2 rings (SSSR count). The van der Waals surface area contributed by atoms with E-state index >= 15 is 0 Å². The van der Waals surface area contributed by atoms with E-state index < -0.39 is 10.0 Å². The summed E-state index contributed by atoms with van der Waals surface area (Å²) >= 11 is 0. The van der Waals surface area contributed by atoms with E-state index in [1.165, 1.54) is 7.05 Å². The molecular weight excluding hydrogens is 304 g/mol. The topological polar surface area (TPSA) is 77.9 Å². The summed E-state index contributed by atoms with van der Waals surface area (Å²) < 4.78 is 25.7. The number of carbonyl (C=O) groups excluding carboxylic acids is 1. The van der Waals surface area contributed by atoms with Crippen LogP contribution >= 0.6 is 0 Å². The first kappa shape index (κ1) is 16.9. The number of hydrogen-bond donors (Lipinski definition) is 1. The summed E-state index contributed by atoms with van der Waals surface area (Å²) in [5.41, 5.74) is 0.697. The van der Waals surface area contributed by atoms with Gasteiger partial charge >= 0.3 is 0 Å². The second-order valence-electron chi connectivity index (χ2n) is 5.61. The van der Waals surface area contributed by atoms with Crippen LogP contribution in [0.2, 0.25) is 0 Å². The number of likely N-dealkylation sites (N-methyl/N-ethyl adjacent to an activating group) is 1. The molecule has 1 fully saturated rings. The summed E-state index contributed by atoms with van der Waals surface area (Å²) in [5.74, 6) is -0.331. The highest BCUT2D eigenvalue weighted by Crippen LogP contribution is 2.12. The zero-order valence-corrected chi connectivity index (χ0v) is 13.5. The van der Waals surface area contributed by atoms with Crippen molar-refractivity contribution in [2.45, 2.75) is 24.7 Å². The molecule has 0 unspecified atom stereocenters. The molecule has 0 aromatic heterocycles. The van der Waals surface area contributed by atoms with E-state index in [0.29, 0.717) is 31.5 Å². The first-order valence-electron chi connectivity index (χ1n) is 7.32. The van der Waals surface area contributed by atoms with E-state index in [-0.39, 0.29) is 24.3 Å². The number of likely N-dealkylation sites (tertiary alicyclic amines) is 1. The highest BCUT2D eigenvalue weighted by molar-refractivity contribution is 7.88. The lowest BCUT2D eigenvalue weighted by atomic mass is 10.1. The smallest absolute Gasteiger partial charge is 0.237 e. The van der Waals surface area contributed by atoms with Crippen molar-refractivity contribution in [3.63, 3.8) is 0 Å². The average Bonchev–Trinajstić information content (AvgIpc) is 2.48. The number of piperidine rings is 1. The number of rotatable bonds is 5. The Kier molecular flexibility index (Phi) is 5.55. The highest BCUT2D eigenvalue weighted by Gasteiger charge is 2.26. The minimum atomic E-state index is -3.52. The molecule has 6 nitrogen and oxygen atoms in total. The number of sulfonamides is 1. The van der Waals surface area contributed by atoms with Crippen LogP contribution in [0.25, 0.3) is 0 Å². The van der Waals surface area contributed by atoms with E-state index in [1.54, 1.807) is 29.2 Å². The van der Waals surface area contributed by atoms with Crippen molar-refractivity contribution in [2.24, 2.45) is 0 Å². The molecule has 22 heavy (non-hydrogen) atoms. The van der Waals surface area contributed by atoms with Crippen LogP contribution in [0.4, 0.5) is 0 Å². The lowest BCUT2D eigenvalue weighted by Gasteiger charge is -2.30. The third kappa shape index (κ3) is 4.53. The van der Waals surface area contributed by atoms with Gasteiger partial charge in [0.2, 0.25) is 15.9 Å². The van der Waals surface area contributed by atoms with E-state index in [9.17, 15) is 18.3 Å². The molecule has 1 aromatic carbocycles. The van der Waals surface area contributed by atoms with Gasteiger partial charge in [0.05, 0.1) is 18.4 Å². The van der Waals surface area contributed by atoms with Gasteiger partial charge in [0.15, 0.2) is 0 Å². The summed E-state index contributed by atoms with van der Waals surface area (Å²) in [6.45, 7) is 0.796. The van der Waals surface area contributed by atoms with Crippen LogP contribution in [0.5, 0.6) is 0 Å². The zero-order chi connectivity index (χ0) is 16.2. The monoisotopic (exact) mass is 326 g/mol. The number of nitrogens with zero attached hydrogens (tertiary/aromatic N) is 2. The van der Waals surface area contributed by atoms with Gasteiger partial charge in [0.25, 0.3) is 0 Å². The lowest BCUT2D eigenvalue weighted by Crippen LogP contribution is -2.45. The fraction of sp³-hybridized carbons (Fsp3) is 0.533. The summed E-state index contributed by atoms with van der Waals surface area (Å²) in [6.07, 6.45) is 0.738. The van der Waals surface area contributed by atoms with Crippen LogP contribution in [0, 0.1) is 0 Å². The van der Waals surface area contributed by atoms with Crippen molar-refractivity contribution >= 4 is 15.9 Å². The van der Waals surface area contributed by atoms with Crippen LogP contribution in [0.3, 0.4) is 0 Å². The Bertz CT molecular complexity index is 595. The van der Waals surface area contributed by atoms with Crippen molar-refractivity contribution in [3.8, 4) is 0 Å². The number of benzene rings is 1. The SMILES string of the molecule is CN(CC(=O)N1CCC(O)CC1)S(=O)(=O)Cc1ccccc1. The molecule has 0 aliphatic carbocycles. The molecular formula is C15H22N2O4S. The summed E-state index contributed by atoms with van der Waals surface area (Å²) in [6, 6.07) is 8.90. The van der Waals surface area contributed by atoms with Crippen LogP contribution < -0.4 is 0 Å². The number of hydrogen-bond acceptors (Lipinski definition) is 4. The molecule has 1 aliphatic heterocycles. The molecule has 0 spiro atoms. The predicted molar refractivity (Wildman–Crippen MR) is 83.5 cm³/mol. The molecule has 1 heterocycles. The van der Waals surface area contributed by atoms with E-state index in [4.69, 9.17) is 0 Å². The van der Waals surface area contributed by atoms with Crippen molar-refractivity contribution in [1.29, 1.82) is 0 Å². The van der Waals surface area contributed by atoms with Gasteiger partial charge in [-0.1, -0.05) is 30.3 Å². The number of amides is 1. The Morgan fingerprint density at radius 2 is 1.86 bits per heavy atom. The molecule has 1 N–H and O–H groups in total. The second kappa shape index (κ2) is 7.21. The van der Waals surface area contributed by atoms with Gasteiger partial charge in [-0.25, -0.2) is 8.42 Å². The molecule has 1 aromatic rings. The summed E-state index contributed by atoms with van der Waals surface area (Å²) in [7, 11) is -2.10. The van der Waals surface area contributed by atoms with Crippen molar-refractivity contribution in [1.82, 2.24) is 9.21 Å². The van der Waals surface area contributed by atoms with Gasteiger partial charge in [0, 0.05) is 20.1 Å².